The molecular formula is C26H26F2N4O. The lowest BCUT2D eigenvalue weighted by molar-refractivity contribution is -0.117. The highest BCUT2D eigenvalue weighted by atomic mass is 19.2. The van der Waals surface area contributed by atoms with Crippen molar-refractivity contribution in [3.05, 3.63) is 95.7 Å². The fourth-order valence-corrected chi connectivity index (χ4v) is 3.86. The molecule has 0 bridgehead atoms. The van der Waals surface area contributed by atoms with E-state index in [9.17, 15) is 13.6 Å². The van der Waals surface area contributed by atoms with Crippen LogP contribution in [0.3, 0.4) is 0 Å². The summed E-state index contributed by atoms with van der Waals surface area (Å²) in [5, 5.41) is 2.92. The van der Waals surface area contributed by atoms with Gasteiger partial charge in [-0.05, 0) is 60.5 Å². The van der Waals surface area contributed by atoms with Crippen molar-refractivity contribution in [1.82, 2.24) is 10.3 Å². The Labute approximate surface area is 192 Å². The highest BCUT2D eigenvalue weighted by Gasteiger charge is 2.19. The van der Waals surface area contributed by atoms with E-state index < -0.39 is 11.6 Å². The molecule has 2 aromatic carbocycles. The first-order valence-electron chi connectivity index (χ1n) is 10.9. The van der Waals surface area contributed by atoms with Gasteiger partial charge in [-0.15, -0.1) is 0 Å². The monoisotopic (exact) mass is 448 g/mol. The number of anilines is 2. The molecule has 0 spiro atoms. The van der Waals surface area contributed by atoms with Crippen molar-refractivity contribution in [1.29, 1.82) is 0 Å². The number of carbonyl (C=O) groups excluding carboxylic acids is 1. The number of carbonyl (C=O) groups is 1. The van der Waals surface area contributed by atoms with E-state index in [2.05, 4.69) is 32.2 Å². The summed E-state index contributed by atoms with van der Waals surface area (Å²) in [6, 6.07) is 17.4. The lowest BCUT2D eigenvalue weighted by Gasteiger charge is -2.37. The molecule has 1 amide bonds. The molecular weight excluding hydrogens is 422 g/mol. The van der Waals surface area contributed by atoms with Gasteiger partial charge in [0.2, 0.25) is 5.91 Å². The van der Waals surface area contributed by atoms with E-state index in [1.165, 1.54) is 18.2 Å². The first-order chi connectivity index (χ1) is 16.0. The fourth-order valence-electron chi connectivity index (χ4n) is 3.86. The lowest BCUT2D eigenvalue weighted by Crippen LogP contribution is -2.46. The van der Waals surface area contributed by atoms with Crippen LogP contribution in [-0.2, 0) is 4.79 Å². The van der Waals surface area contributed by atoms with Gasteiger partial charge in [-0.3, -0.25) is 4.79 Å². The van der Waals surface area contributed by atoms with Crippen LogP contribution in [0.2, 0.25) is 0 Å². The van der Waals surface area contributed by atoms with E-state index in [0.29, 0.717) is 5.56 Å². The number of piperazine rings is 1. The molecule has 1 atom stereocenters. The number of hydrogen-bond donors (Lipinski definition) is 1. The largest absolute Gasteiger partial charge is 0.368 e. The number of pyridine rings is 1. The first kappa shape index (κ1) is 22.5. The molecule has 1 unspecified atom stereocenters. The van der Waals surface area contributed by atoms with Crippen LogP contribution in [0.1, 0.15) is 24.1 Å². The predicted octanol–water partition coefficient (Wildman–Crippen LogP) is 4.58. The van der Waals surface area contributed by atoms with Gasteiger partial charge in [-0.1, -0.05) is 24.3 Å². The number of benzene rings is 2. The molecule has 1 aliphatic rings. The average molecular weight is 449 g/mol. The van der Waals surface area contributed by atoms with E-state index in [-0.39, 0.29) is 11.9 Å². The van der Waals surface area contributed by atoms with Gasteiger partial charge in [0.25, 0.3) is 0 Å². The summed E-state index contributed by atoms with van der Waals surface area (Å²) in [5.41, 5.74) is 2.53. The molecule has 33 heavy (non-hydrogen) atoms. The Balaban J connectivity index is 1.34. The Kier molecular flexibility index (Phi) is 6.98. The topological polar surface area (TPSA) is 48.5 Å². The minimum Gasteiger partial charge on any atom is -0.368 e. The zero-order valence-corrected chi connectivity index (χ0v) is 18.4. The van der Waals surface area contributed by atoms with Gasteiger partial charge in [-0.2, -0.15) is 0 Å². The maximum Gasteiger partial charge on any atom is 0.244 e. The number of aromatic nitrogens is 1. The molecule has 0 saturated carbocycles. The number of amides is 1. The molecule has 1 aliphatic heterocycles. The molecule has 4 rings (SSSR count). The molecule has 1 fully saturated rings. The van der Waals surface area contributed by atoms with Crippen LogP contribution >= 0.6 is 0 Å². The number of nitrogens with zero attached hydrogens (tertiary/aromatic N) is 3. The Morgan fingerprint density at radius 1 is 0.970 bits per heavy atom. The van der Waals surface area contributed by atoms with Gasteiger partial charge in [0, 0.05) is 44.1 Å². The summed E-state index contributed by atoms with van der Waals surface area (Å²) in [5.74, 6) is -1.16. The van der Waals surface area contributed by atoms with Gasteiger partial charge < -0.3 is 15.1 Å². The number of nitrogens with one attached hydrogen (secondary N) is 1. The second-order valence-corrected chi connectivity index (χ2v) is 7.99. The van der Waals surface area contributed by atoms with Crippen molar-refractivity contribution in [3.63, 3.8) is 0 Å². The second kappa shape index (κ2) is 10.3. The Hall–Kier alpha value is -3.74. The van der Waals surface area contributed by atoms with Crippen LogP contribution in [0.4, 0.5) is 20.3 Å². The van der Waals surface area contributed by atoms with Crippen molar-refractivity contribution < 1.29 is 13.6 Å². The summed E-state index contributed by atoms with van der Waals surface area (Å²) in [7, 11) is 0. The van der Waals surface area contributed by atoms with Crippen molar-refractivity contribution in [2.45, 2.75) is 13.0 Å². The summed E-state index contributed by atoms with van der Waals surface area (Å²) in [4.78, 5) is 21.4. The van der Waals surface area contributed by atoms with Gasteiger partial charge in [0.15, 0.2) is 11.6 Å². The Bertz CT molecular complexity index is 1130. The van der Waals surface area contributed by atoms with Crippen molar-refractivity contribution in [2.75, 3.05) is 36.0 Å². The van der Waals surface area contributed by atoms with Gasteiger partial charge in [-0.25, -0.2) is 13.8 Å². The minimum atomic E-state index is -0.941. The Morgan fingerprint density at radius 3 is 2.48 bits per heavy atom. The smallest absolute Gasteiger partial charge is 0.244 e. The van der Waals surface area contributed by atoms with Crippen LogP contribution < -0.4 is 15.1 Å². The van der Waals surface area contributed by atoms with Gasteiger partial charge in [0.1, 0.15) is 5.82 Å². The average Bonchev–Trinajstić information content (AvgIpc) is 2.85. The zero-order valence-electron chi connectivity index (χ0n) is 18.4. The normalized spacial score (nSPS) is 15.0. The van der Waals surface area contributed by atoms with E-state index in [0.717, 1.165) is 55.4 Å². The third-order valence-electron chi connectivity index (χ3n) is 5.72. The molecule has 1 N–H and O–H groups in total. The number of halogens is 2. The maximum atomic E-state index is 13.3. The number of rotatable bonds is 6. The second-order valence-electron chi connectivity index (χ2n) is 7.99. The highest BCUT2D eigenvalue weighted by Crippen LogP contribution is 2.23. The van der Waals surface area contributed by atoms with Crippen LogP contribution in [0.25, 0.3) is 6.08 Å². The molecule has 1 aromatic heterocycles. The van der Waals surface area contributed by atoms with Crippen molar-refractivity contribution >= 4 is 23.5 Å². The standard InChI is InChI=1S/C26H26F2N4O/c1-19(30-26(33)11-9-20-8-10-23(27)24(28)17-20)21-5-4-6-22(18-21)31-13-15-32(16-14-31)25-7-2-3-12-29-25/h2-12,17-19H,13-16H2,1H3,(H,30,33). The quantitative estimate of drug-likeness (QED) is 0.561. The molecule has 170 valence electrons. The van der Waals surface area contributed by atoms with E-state index in [1.54, 1.807) is 0 Å². The third kappa shape index (κ3) is 5.74. The van der Waals surface area contributed by atoms with Gasteiger partial charge in [0.05, 0.1) is 6.04 Å². The van der Waals surface area contributed by atoms with Crippen LogP contribution in [0.5, 0.6) is 0 Å². The van der Waals surface area contributed by atoms with Gasteiger partial charge >= 0.3 is 0 Å². The highest BCUT2D eigenvalue weighted by molar-refractivity contribution is 5.92. The fraction of sp³-hybridized carbons (Fsp3) is 0.231. The SMILES string of the molecule is CC(NC(=O)C=Cc1ccc(F)c(F)c1)c1cccc(N2CCN(c3ccccn3)CC2)c1. The molecule has 5 nitrogen and oxygen atoms in total. The molecule has 0 radical (unpaired) electrons. The molecule has 7 heteroatoms. The maximum absolute atomic E-state index is 13.3. The number of hydrogen-bond acceptors (Lipinski definition) is 4. The van der Waals surface area contributed by atoms with E-state index in [4.69, 9.17) is 0 Å². The third-order valence-corrected chi connectivity index (χ3v) is 5.72. The molecule has 0 aliphatic carbocycles. The van der Waals surface area contributed by atoms with Crippen LogP contribution in [0.15, 0.2) is 72.9 Å². The zero-order chi connectivity index (χ0) is 23.2. The minimum absolute atomic E-state index is 0.207. The summed E-state index contributed by atoms with van der Waals surface area (Å²) in [6.07, 6.45) is 4.60. The summed E-state index contributed by atoms with van der Waals surface area (Å²) in [6.45, 7) is 5.47. The molecule has 2 heterocycles. The molecule has 1 saturated heterocycles. The predicted molar refractivity (Wildman–Crippen MR) is 127 cm³/mol. The molecule has 3 aromatic rings. The first-order valence-corrected chi connectivity index (χ1v) is 10.9. The van der Waals surface area contributed by atoms with Crippen molar-refractivity contribution in [3.8, 4) is 0 Å². The summed E-state index contributed by atoms with van der Waals surface area (Å²) >= 11 is 0. The van der Waals surface area contributed by atoms with E-state index >= 15 is 0 Å². The Morgan fingerprint density at radius 2 is 1.76 bits per heavy atom. The van der Waals surface area contributed by atoms with Crippen molar-refractivity contribution in [2.24, 2.45) is 0 Å². The van der Waals surface area contributed by atoms with E-state index in [1.807, 2.05) is 43.5 Å². The summed E-state index contributed by atoms with van der Waals surface area (Å²) < 4.78 is 26.3. The lowest BCUT2D eigenvalue weighted by atomic mass is 10.1. The van der Waals surface area contributed by atoms with Crippen LogP contribution in [-0.4, -0.2) is 37.1 Å². The van der Waals surface area contributed by atoms with Crippen LogP contribution in [0, 0.1) is 11.6 Å².